The number of aromatic nitrogens is 3. The Bertz CT molecular complexity index is 1690. The summed E-state index contributed by atoms with van der Waals surface area (Å²) in [6.07, 6.45) is 0. The molecule has 6 aromatic rings. The average Bonchev–Trinajstić information content (AvgIpc) is 3.32. The number of nitrogens with one attached hydrogen (secondary N) is 1. The third-order valence-corrected chi connectivity index (χ3v) is 7.51. The van der Waals surface area contributed by atoms with Gasteiger partial charge < -0.3 is 9.72 Å². The van der Waals surface area contributed by atoms with Crippen LogP contribution in [0.4, 0.5) is 0 Å². The van der Waals surface area contributed by atoms with Gasteiger partial charge in [-0.3, -0.25) is 4.79 Å². The Morgan fingerprint density at radius 1 is 0.806 bits per heavy atom. The molecule has 0 aliphatic rings. The third kappa shape index (κ3) is 3.85. The van der Waals surface area contributed by atoms with Gasteiger partial charge in [-0.1, -0.05) is 103 Å². The van der Waals surface area contributed by atoms with E-state index >= 15 is 0 Å². The molecule has 0 atom stereocenters. The fourth-order valence-corrected chi connectivity index (χ4v) is 5.77. The SMILES string of the molecule is COc1ccccc1-n1c(SC(c2ccccc2)c2ccccc2)nc2c([nH]c3ccccc32)c1=O. The molecule has 5 nitrogen and oxygen atoms in total. The van der Waals surface area contributed by atoms with Gasteiger partial charge in [-0.05, 0) is 29.3 Å². The Balaban J connectivity index is 1.64. The molecule has 1 N–H and O–H groups in total. The van der Waals surface area contributed by atoms with Crippen molar-refractivity contribution in [2.75, 3.05) is 7.11 Å². The Kier molecular flexibility index (Phi) is 5.79. The lowest BCUT2D eigenvalue weighted by atomic mass is 10.0. The highest BCUT2D eigenvalue weighted by molar-refractivity contribution is 7.99. The van der Waals surface area contributed by atoms with Crippen molar-refractivity contribution in [3.8, 4) is 11.4 Å². The first kappa shape index (κ1) is 22.2. The van der Waals surface area contributed by atoms with Crippen molar-refractivity contribution in [3.05, 3.63) is 131 Å². The summed E-state index contributed by atoms with van der Waals surface area (Å²) < 4.78 is 7.31. The van der Waals surface area contributed by atoms with E-state index in [1.165, 1.54) is 0 Å². The van der Waals surface area contributed by atoms with Crippen LogP contribution >= 0.6 is 11.8 Å². The van der Waals surface area contributed by atoms with Crippen LogP contribution < -0.4 is 10.3 Å². The van der Waals surface area contributed by atoms with Crippen molar-refractivity contribution in [1.82, 2.24) is 14.5 Å². The topological polar surface area (TPSA) is 59.9 Å². The summed E-state index contributed by atoms with van der Waals surface area (Å²) in [5.41, 5.74) is 4.78. The molecular weight excluding hydrogens is 466 g/mol. The molecule has 0 aliphatic carbocycles. The van der Waals surface area contributed by atoms with Gasteiger partial charge in [0.05, 0.1) is 18.0 Å². The van der Waals surface area contributed by atoms with Crippen LogP contribution in [0, 0.1) is 0 Å². The molecular formula is C30H23N3O2S. The van der Waals surface area contributed by atoms with E-state index in [1.807, 2.05) is 84.9 Å². The number of hydrogen-bond donors (Lipinski definition) is 1. The highest BCUT2D eigenvalue weighted by Crippen LogP contribution is 2.41. The second-order valence-corrected chi connectivity index (χ2v) is 9.49. The number of aromatic amines is 1. The van der Waals surface area contributed by atoms with E-state index in [1.54, 1.807) is 23.4 Å². The number of H-pyrrole nitrogens is 1. The van der Waals surface area contributed by atoms with Gasteiger partial charge in [-0.15, -0.1) is 0 Å². The number of methoxy groups -OCH3 is 1. The van der Waals surface area contributed by atoms with Crippen molar-refractivity contribution in [3.63, 3.8) is 0 Å². The van der Waals surface area contributed by atoms with Crippen LogP contribution in [0.1, 0.15) is 16.4 Å². The minimum absolute atomic E-state index is 0.0667. The van der Waals surface area contributed by atoms with Crippen molar-refractivity contribution in [2.45, 2.75) is 10.4 Å². The quantitative estimate of drug-likeness (QED) is 0.207. The van der Waals surface area contributed by atoms with Crippen molar-refractivity contribution >= 4 is 33.7 Å². The molecule has 0 unspecified atom stereocenters. The molecule has 0 saturated carbocycles. The van der Waals surface area contributed by atoms with Gasteiger partial charge in [0, 0.05) is 10.9 Å². The highest BCUT2D eigenvalue weighted by atomic mass is 32.2. The first-order valence-electron chi connectivity index (χ1n) is 11.7. The van der Waals surface area contributed by atoms with E-state index in [2.05, 4.69) is 29.2 Å². The molecule has 0 saturated heterocycles. The van der Waals surface area contributed by atoms with Crippen LogP contribution in [-0.4, -0.2) is 21.6 Å². The molecule has 0 fully saturated rings. The Morgan fingerprint density at radius 2 is 1.42 bits per heavy atom. The summed E-state index contributed by atoms with van der Waals surface area (Å²) in [4.78, 5) is 22.5. The molecule has 6 heteroatoms. The maximum Gasteiger partial charge on any atom is 0.283 e. The molecule has 36 heavy (non-hydrogen) atoms. The Labute approximate surface area is 212 Å². The zero-order valence-corrected chi connectivity index (χ0v) is 20.4. The van der Waals surface area contributed by atoms with Crippen molar-refractivity contribution in [2.24, 2.45) is 0 Å². The van der Waals surface area contributed by atoms with Gasteiger partial charge in [0.15, 0.2) is 5.16 Å². The van der Waals surface area contributed by atoms with E-state index in [-0.39, 0.29) is 10.8 Å². The number of fused-ring (bicyclic) bond motifs is 3. The number of thioether (sulfide) groups is 1. The summed E-state index contributed by atoms with van der Waals surface area (Å²) in [5.74, 6) is 0.606. The van der Waals surface area contributed by atoms with Crippen LogP contribution in [0.25, 0.3) is 27.6 Å². The van der Waals surface area contributed by atoms with Gasteiger partial charge >= 0.3 is 0 Å². The first-order chi connectivity index (χ1) is 17.7. The van der Waals surface area contributed by atoms with Gasteiger partial charge in [0.25, 0.3) is 5.56 Å². The fourth-order valence-electron chi connectivity index (χ4n) is 4.54. The fraction of sp³-hybridized carbons (Fsp3) is 0.0667. The lowest BCUT2D eigenvalue weighted by Crippen LogP contribution is -2.22. The monoisotopic (exact) mass is 489 g/mol. The zero-order chi connectivity index (χ0) is 24.5. The predicted molar refractivity (Wildman–Crippen MR) is 146 cm³/mol. The smallest absolute Gasteiger partial charge is 0.283 e. The van der Waals surface area contributed by atoms with Crippen LogP contribution in [0.5, 0.6) is 5.75 Å². The van der Waals surface area contributed by atoms with Gasteiger partial charge in [-0.25, -0.2) is 9.55 Å². The van der Waals surface area contributed by atoms with E-state index < -0.39 is 0 Å². The number of hydrogen-bond acceptors (Lipinski definition) is 4. The molecule has 0 aliphatic heterocycles. The van der Waals surface area contributed by atoms with E-state index in [0.717, 1.165) is 22.0 Å². The van der Waals surface area contributed by atoms with Crippen molar-refractivity contribution in [1.29, 1.82) is 0 Å². The number of benzene rings is 4. The zero-order valence-electron chi connectivity index (χ0n) is 19.6. The minimum Gasteiger partial charge on any atom is -0.495 e. The normalized spacial score (nSPS) is 11.4. The number of nitrogens with zero attached hydrogens (tertiary/aromatic N) is 2. The van der Waals surface area contributed by atoms with Gasteiger partial charge in [0.1, 0.15) is 16.8 Å². The largest absolute Gasteiger partial charge is 0.495 e. The Hall–Kier alpha value is -4.29. The average molecular weight is 490 g/mol. The van der Waals surface area contributed by atoms with Gasteiger partial charge in [-0.2, -0.15) is 0 Å². The standard InChI is InChI=1S/C30H23N3O2S/c1-35-25-19-11-10-18-24(25)33-29(34)27-26(22-16-8-9-17-23(22)31-27)32-30(33)36-28(20-12-4-2-5-13-20)21-14-6-3-7-15-21/h2-19,28,31H,1H3. The number of ether oxygens (including phenoxy) is 1. The summed E-state index contributed by atoms with van der Waals surface area (Å²) in [6, 6.07) is 36.0. The van der Waals surface area contributed by atoms with E-state index in [0.29, 0.717) is 27.6 Å². The molecule has 4 aromatic carbocycles. The Morgan fingerprint density at radius 3 is 2.11 bits per heavy atom. The summed E-state index contributed by atoms with van der Waals surface area (Å²) in [7, 11) is 1.61. The molecule has 2 aromatic heterocycles. The maximum absolute atomic E-state index is 14.1. The summed E-state index contributed by atoms with van der Waals surface area (Å²) >= 11 is 1.56. The molecule has 176 valence electrons. The molecule has 0 amide bonds. The lowest BCUT2D eigenvalue weighted by molar-refractivity contribution is 0.411. The van der Waals surface area contributed by atoms with Crippen LogP contribution in [-0.2, 0) is 0 Å². The second-order valence-electron chi connectivity index (χ2n) is 8.42. The maximum atomic E-state index is 14.1. The molecule has 2 heterocycles. The van der Waals surface area contributed by atoms with E-state index in [4.69, 9.17) is 9.72 Å². The molecule has 6 rings (SSSR count). The van der Waals surface area contributed by atoms with Crippen LogP contribution in [0.15, 0.2) is 119 Å². The minimum atomic E-state index is -0.164. The van der Waals surface area contributed by atoms with Crippen molar-refractivity contribution < 1.29 is 4.74 Å². The second kappa shape index (κ2) is 9.40. The number of para-hydroxylation sites is 3. The lowest BCUT2D eigenvalue weighted by Gasteiger charge is -2.20. The predicted octanol–water partition coefficient (Wildman–Crippen LogP) is 6.76. The summed E-state index contributed by atoms with van der Waals surface area (Å²) in [5, 5.41) is 1.46. The highest BCUT2D eigenvalue weighted by Gasteiger charge is 2.23. The number of rotatable bonds is 6. The van der Waals surface area contributed by atoms with Crippen LogP contribution in [0.2, 0.25) is 0 Å². The molecule has 0 bridgehead atoms. The third-order valence-electron chi connectivity index (χ3n) is 6.25. The van der Waals surface area contributed by atoms with Crippen LogP contribution in [0.3, 0.4) is 0 Å². The van der Waals surface area contributed by atoms with E-state index in [9.17, 15) is 4.79 Å². The molecule has 0 radical (unpaired) electrons. The van der Waals surface area contributed by atoms with Gasteiger partial charge in [0.2, 0.25) is 0 Å². The summed E-state index contributed by atoms with van der Waals surface area (Å²) in [6.45, 7) is 0. The first-order valence-corrected chi connectivity index (χ1v) is 12.6. The molecule has 0 spiro atoms.